The SMILES string of the molecule is CC/C(C)=C1/C(=N\C)CC[S+]1[O-]. The van der Waals surface area contributed by atoms with Crippen molar-refractivity contribution < 1.29 is 4.55 Å². The number of rotatable bonds is 1. The van der Waals surface area contributed by atoms with Crippen molar-refractivity contribution in [1.82, 2.24) is 0 Å². The van der Waals surface area contributed by atoms with E-state index in [-0.39, 0.29) is 0 Å². The highest BCUT2D eigenvalue weighted by Crippen LogP contribution is 2.26. The Kier molecular flexibility index (Phi) is 3.35. The van der Waals surface area contributed by atoms with Crippen molar-refractivity contribution in [2.75, 3.05) is 12.8 Å². The Morgan fingerprint density at radius 3 is 2.83 bits per heavy atom. The van der Waals surface area contributed by atoms with Crippen molar-refractivity contribution >= 4 is 16.9 Å². The van der Waals surface area contributed by atoms with E-state index in [1.807, 2.05) is 6.92 Å². The average Bonchev–Trinajstić information content (AvgIpc) is 2.45. The summed E-state index contributed by atoms with van der Waals surface area (Å²) in [5.74, 6) is 0.763. The zero-order valence-electron chi connectivity index (χ0n) is 7.89. The molecule has 0 amide bonds. The molecule has 68 valence electrons. The molecule has 0 radical (unpaired) electrons. The van der Waals surface area contributed by atoms with Crippen LogP contribution in [-0.2, 0) is 11.2 Å². The maximum absolute atomic E-state index is 11.5. The van der Waals surface area contributed by atoms with Crippen LogP contribution in [0.2, 0.25) is 0 Å². The van der Waals surface area contributed by atoms with Crippen LogP contribution in [0.5, 0.6) is 0 Å². The van der Waals surface area contributed by atoms with Crippen LogP contribution in [0.25, 0.3) is 0 Å². The maximum atomic E-state index is 11.5. The minimum absolute atomic E-state index is 0.763. The molecular formula is C9H15NOS. The first kappa shape index (κ1) is 9.81. The fourth-order valence-corrected chi connectivity index (χ4v) is 2.92. The fraction of sp³-hybridized carbons (Fsp3) is 0.667. The molecule has 1 atom stereocenters. The zero-order valence-corrected chi connectivity index (χ0v) is 8.70. The Morgan fingerprint density at radius 1 is 1.67 bits per heavy atom. The Hall–Kier alpha value is -0.280. The van der Waals surface area contributed by atoms with Crippen molar-refractivity contribution in [2.45, 2.75) is 26.7 Å². The van der Waals surface area contributed by atoms with E-state index < -0.39 is 11.2 Å². The molecule has 3 heteroatoms. The van der Waals surface area contributed by atoms with Crippen LogP contribution in [0.1, 0.15) is 26.7 Å². The van der Waals surface area contributed by atoms with Crippen LogP contribution in [-0.4, -0.2) is 23.1 Å². The summed E-state index contributed by atoms with van der Waals surface area (Å²) in [6, 6.07) is 0. The molecule has 1 fully saturated rings. The lowest BCUT2D eigenvalue weighted by Gasteiger charge is -2.06. The van der Waals surface area contributed by atoms with E-state index in [1.165, 1.54) is 5.57 Å². The van der Waals surface area contributed by atoms with Gasteiger partial charge >= 0.3 is 0 Å². The van der Waals surface area contributed by atoms with Crippen molar-refractivity contribution in [2.24, 2.45) is 4.99 Å². The van der Waals surface area contributed by atoms with Crippen LogP contribution in [0.15, 0.2) is 15.5 Å². The molecule has 0 saturated carbocycles. The van der Waals surface area contributed by atoms with Gasteiger partial charge in [-0.05, 0) is 30.1 Å². The largest absolute Gasteiger partial charge is 0.611 e. The minimum atomic E-state index is -0.772. The fourth-order valence-electron chi connectivity index (χ4n) is 1.35. The Bertz CT molecular complexity index is 233. The molecule has 1 heterocycles. The van der Waals surface area contributed by atoms with Crippen molar-refractivity contribution in [3.05, 3.63) is 10.5 Å². The van der Waals surface area contributed by atoms with E-state index in [0.717, 1.165) is 29.2 Å². The van der Waals surface area contributed by atoms with Gasteiger partial charge in [0, 0.05) is 13.5 Å². The van der Waals surface area contributed by atoms with E-state index >= 15 is 0 Å². The van der Waals surface area contributed by atoms with Gasteiger partial charge in [-0.25, -0.2) is 0 Å². The second kappa shape index (κ2) is 4.10. The van der Waals surface area contributed by atoms with E-state index in [9.17, 15) is 4.55 Å². The molecule has 0 N–H and O–H groups in total. The summed E-state index contributed by atoms with van der Waals surface area (Å²) >= 11 is -0.772. The number of hydrogen-bond donors (Lipinski definition) is 0. The third-order valence-electron chi connectivity index (χ3n) is 2.20. The van der Waals surface area contributed by atoms with Crippen LogP contribution in [0.4, 0.5) is 0 Å². The lowest BCUT2D eigenvalue weighted by molar-refractivity contribution is 0.604. The monoisotopic (exact) mass is 185 g/mol. The van der Waals surface area contributed by atoms with Gasteiger partial charge in [0.15, 0.2) is 4.91 Å². The topological polar surface area (TPSA) is 35.4 Å². The summed E-state index contributed by atoms with van der Waals surface area (Å²) < 4.78 is 11.5. The lowest BCUT2D eigenvalue weighted by Crippen LogP contribution is -2.05. The van der Waals surface area contributed by atoms with Crippen LogP contribution >= 0.6 is 0 Å². The zero-order chi connectivity index (χ0) is 9.14. The van der Waals surface area contributed by atoms with Gasteiger partial charge < -0.3 is 4.55 Å². The van der Waals surface area contributed by atoms with Gasteiger partial charge in [-0.2, -0.15) is 0 Å². The molecule has 1 saturated heterocycles. The first-order valence-corrected chi connectivity index (χ1v) is 5.56. The van der Waals surface area contributed by atoms with Crippen molar-refractivity contribution in [3.8, 4) is 0 Å². The van der Waals surface area contributed by atoms with E-state index in [4.69, 9.17) is 0 Å². The summed E-state index contributed by atoms with van der Waals surface area (Å²) in [5, 5.41) is 0. The van der Waals surface area contributed by atoms with Gasteiger partial charge in [-0.1, -0.05) is 6.92 Å². The standard InChI is InChI=1S/C9H15NOS/c1-4-7(2)9-8(10-3)5-6-12(9)11/h4-6H2,1-3H3/b9-7-,10-8-. The van der Waals surface area contributed by atoms with Gasteiger partial charge in [-0.15, -0.1) is 0 Å². The lowest BCUT2D eigenvalue weighted by atomic mass is 10.1. The van der Waals surface area contributed by atoms with E-state index in [1.54, 1.807) is 7.05 Å². The third kappa shape index (κ3) is 1.72. The quantitative estimate of drug-likeness (QED) is 0.575. The number of allylic oxidation sites excluding steroid dienone is 2. The van der Waals surface area contributed by atoms with Crippen LogP contribution in [0.3, 0.4) is 0 Å². The van der Waals surface area contributed by atoms with Gasteiger partial charge in [0.25, 0.3) is 0 Å². The van der Waals surface area contributed by atoms with E-state index in [2.05, 4.69) is 11.9 Å². The molecule has 0 aliphatic carbocycles. The second-order valence-corrected chi connectivity index (χ2v) is 4.44. The van der Waals surface area contributed by atoms with Gasteiger partial charge in [0.2, 0.25) is 0 Å². The molecule has 1 aliphatic heterocycles. The summed E-state index contributed by atoms with van der Waals surface area (Å²) in [7, 11) is 1.78. The van der Waals surface area contributed by atoms with Gasteiger partial charge in [0.1, 0.15) is 5.75 Å². The van der Waals surface area contributed by atoms with Crippen LogP contribution < -0.4 is 0 Å². The number of aliphatic imine (C=N–C) groups is 1. The number of nitrogens with zero attached hydrogens (tertiary/aromatic N) is 1. The summed E-state index contributed by atoms with van der Waals surface area (Å²) in [6.07, 6.45) is 1.86. The highest BCUT2D eigenvalue weighted by molar-refractivity contribution is 7.96. The number of hydrogen-bond acceptors (Lipinski definition) is 2. The summed E-state index contributed by atoms with van der Waals surface area (Å²) in [5.41, 5.74) is 2.28. The summed E-state index contributed by atoms with van der Waals surface area (Å²) in [4.78, 5) is 5.17. The highest BCUT2D eigenvalue weighted by Gasteiger charge is 2.30. The first-order chi connectivity index (χ1) is 5.70. The predicted octanol–water partition coefficient (Wildman–Crippen LogP) is 1.89. The predicted molar refractivity (Wildman–Crippen MR) is 54.0 cm³/mol. The summed E-state index contributed by atoms with van der Waals surface area (Å²) in [6.45, 7) is 4.13. The molecule has 1 unspecified atom stereocenters. The van der Waals surface area contributed by atoms with E-state index in [0.29, 0.717) is 0 Å². The maximum Gasteiger partial charge on any atom is 0.172 e. The van der Waals surface area contributed by atoms with Crippen molar-refractivity contribution in [3.63, 3.8) is 0 Å². The third-order valence-corrected chi connectivity index (χ3v) is 3.82. The van der Waals surface area contributed by atoms with Crippen LogP contribution in [0, 0.1) is 0 Å². The van der Waals surface area contributed by atoms with Gasteiger partial charge in [-0.3, -0.25) is 4.99 Å². The molecule has 1 aliphatic rings. The molecule has 1 rings (SSSR count). The molecule has 0 aromatic heterocycles. The minimum Gasteiger partial charge on any atom is -0.611 e. The highest BCUT2D eigenvalue weighted by atomic mass is 32.2. The molecule has 0 bridgehead atoms. The molecule has 0 spiro atoms. The molecule has 12 heavy (non-hydrogen) atoms. The first-order valence-electron chi connectivity index (χ1n) is 4.24. The molecule has 2 nitrogen and oxygen atoms in total. The molecular weight excluding hydrogens is 170 g/mol. The van der Waals surface area contributed by atoms with Gasteiger partial charge in [0.05, 0.1) is 5.71 Å². The smallest absolute Gasteiger partial charge is 0.172 e. The molecule has 0 aromatic carbocycles. The average molecular weight is 185 g/mol. The second-order valence-electron chi connectivity index (χ2n) is 2.93. The van der Waals surface area contributed by atoms with Crippen molar-refractivity contribution in [1.29, 1.82) is 0 Å². The Labute approximate surface area is 77.0 Å². The Morgan fingerprint density at radius 2 is 2.33 bits per heavy atom. The molecule has 0 aromatic rings. The Balaban J connectivity index is 2.99. The normalized spacial score (nSPS) is 31.3.